The van der Waals surface area contributed by atoms with Crippen molar-refractivity contribution < 1.29 is 14.3 Å². The van der Waals surface area contributed by atoms with Crippen LogP contribution in [0.3, 0.4) is 0 Å². The molecule has 16 heavy (non-hydrogen) atoms. The molecule has 0 bridgehead atoms. The average molecular weight is 260 g/mol. The highest BCUT2D eigenvalue weighted by molar-refractivity contribution is 6.42. The molecule has 0 aliphatic rings. The fourth-order valence-corrected chi connectivity index (χ4v) is 1.48. The maximum Gasteiger partial charge on any atom is 0.422 e. The van der Waals surface area contributed by atoms with Gasteiger partial charge in [-0.2, -0.15) is 4.79 Å². The summed E-state index contributed by atoms with van der Waals surface area (Å²) in [5.41, 5.74) is 8.71. The summed E-state index contributed by atoms with van der Waals surface area (Å²) in [7, 11) is 0. The molecule has 0 amide bonds. The van der Waals surface area contributed by atoms with E-state index in [1.807, 2.05) is 0 Å². The number of esters is 1. The average Bonchev–Trinajstić information content (AvgIpc) is 2.17. The molecule has 1 aromatic heterocycles. The zero-order valence-electron chi connectivity index (χ0n) is 8.28. The maximum atomic E-state index is 11.4. The summed E-state index contributed by atoms with van der Waals surface area (Å²) in [4.78, 5) is 17.9. The van der Waals surface area contributed by atoms with Crippen molar-refractivity contribution in [2.75, 3.05) is 6.61 Å². The molecule has 1 heterocycles. The molecule has 0 radical (unpaired) electrons. The molecule has 1 rings (SSSR count). The molecule has 0 aliphatic heterocycles. The van der Waals surface area contributed by atoms with E-state index in [-0.39, 0.29) is 28.2 Å². The molecule has 0 atom stereocenters. The molecule has 0 saturated carbocycles. The van der Waals surface area contributed by atoms with E-state index in [0.29, 0.717) is 0 Å². The van der Waals surface area contributed by atoms with E-state index in [1.165, 1.54) is 12.1 Å². The normalized spacial score (nSPS) is 9.44. The van der Waals surface area contributed by atoms with Gasteiger partial charge in [0.2, 0.25) is 0 Å². The Balaban J connectivity index is 3.15. The van der Waals surface area contributed by atoms with Crippen molar-refractivity contribution in [2.24, 2.45) is 0 Å². The zero-order chi connectivity index (χ0) is 12.1. The van der Waals surface area contributed by atoms with Crippen molar-refractivity contribution in [3.8, 4) is 0 Å². The smallest absolute Gasteiger partial charge is 0.422 e. The van der Waals surface area contributed by atoms with Gasteiger partial charge in [-0.05, 0) is 19.1 Å². The van der Waals surface area contributed by atoms with Gasteiger partial charge in [0.05, 0.1) is 12.2 Å². The lowest BCUT2D eigenvalue weighted by atomic mass is 10.2. The van der Waals surface area contributed by atoms with Crippen LogP contribution in [0, 0.1) is 0 Å². The molecular formula is C9H7Cl2N3O2. The van der Waals surface area contributed by atoms with E-state index in [1.54, 1.807) is 6.92 Å². The van der Waals surface area contributed by atoms with Crippen LogP contribution >= 0.6 is 23.2 Å². The van der Waals surface area contributed by atoms with Crippen LogP contribution in [-0.4, -0.2) is 28.1 Å². The lowest BCUT2D eigenvalue weighted by molar-refractivity contribution is -0.139. The van der Waals surface area contributed by atoms with E-state index in [4.69, 9.17) is 33.5 Å². The van der Waals surface area contributed by atoms with Crippen LogP contribution in [0.2, 0.25) is 10.3 Å². The first kappa shape index (κ1) is 12.6. The van der Waals surface area contributed by atoms with Crippen LogP contribution in [0.25, 0.3) is 5.53 Å². The van der Waals surface area contributed by atoms with Crippen LogP contribution in [0.15, 0.2) is 12.1 Å². The third kappa shape index (κ3) is 3.03. The van der Waals surface area contributed by atoms with Crippen molar-refractivity contribution in [1.29, 1.82) is 0 Å². The standard InChI is InChI=1S/C9H7Cl2N3O2/c1-2-16-9(15)8(14-12)5-3-6(10)13-7(11)4-5/h3-4H,2H2,1H3. The van der Waals surface area contributed by atoms with Crippen LogP contribution in [0.1, 0.15) is 12.5 Å². The van der Waals surface area contributed by atoms with Gasteiger partial charge in [0.1, 0.15) is 10.3 Å². The van der Waals surface area contributed by atoms with Gasteiger partial charge in [0, 0.05) is 0 Å². The minimum Gasteiger partial charge on any atom is -0.457 e. The van der Waals surface area contributed by atoms with Gasteiger partial charge in [-0.3, -0.25) is 0 Å². The third-order valence-electron chi connectivity index (χ3n) is 1.61. The summed E-state index contributed by atoms with van der Waals surface area (Å²) < 4.78 is 4.69. The fraction of sp³-hybridized carbons (Fsp3) is 0.222. The SMILES string of the molecule is CCOC(=O)C(=[N+]=[N-])c1cc(Cl)nc(Cl)c1. The molecule has 0 unspecified atom stereocenters. The molecule has 7 heteroatoms. The molecule has 0 N–H and O–H groups in total. The van der Waals surface area contributed by atoms with E-state index >= 15 is 0 Å². The Bertz CT molecular complexity index is 450. The summed E-state index contributed by atoms with van der Waals surface area (Å²) in [5, 5.41) is 0.181. The second kappa shape index (κ2) is 5.61. The summed E-state index contributed by atoms with van der Waals surface area (Å²) in [5.74, 6) is -0.761. The third-order valence-corrected chi connectivity index (χ3v) is 1.99. The number of rotatable bonds is 3. The molecular weight excluding hydrogens is 253 g/mol. The lowest BCUT2D eigenvalue weighted by Crippen LogP contribution is -2.19. The Morgan fingerprint density at radius 2 is 2.06 bits per heavy atom. The molecule has 5 nitrogen and oxygen atoms in total. The monoisotopic (exact) mass is 259 g/mol. The molecule has 0 aromatic carbocycles. The number of hydrogen-bond donors (Lipinski definition) is 0. The Morgan fingerprint density at radius 1 is 1.50 bits per heavy atom. The quantitative estimate of drug-likeness (QED) is 0.274. The predicted octanol–water partition coefficient (Wildman–Crippen LogP) is 1.97. The Kier molecular flexibility index (Phi) is 4.43. The first-order valence-electron chi connectivity index (χ1n) is 4.31. The summed E-state index contributed by atoms with van der Waals surface area (Å²) in [6, 6.07) is 2.69. The number of aromatic nitrogens is 1. The van der Waals surface area contributed by atoms with Gasteiger partial charge in [-0.25, -0.2) is 9.78 Å². The number of ether oxygens (including phenoxy) is 1. The van der Waals surface area contributed by atoms with E-state index in [9.17, 15) is 4.79 Å². The molecule has 84 valence electrons. The first-order chi connectivity index (χ1) is 7.58. The summed E-state index contributed by atoms with van der Waals surface area (Å²) in [6.45, 7) is 1.81. The van der Waals surface area contributed by atoms with Crippen molar-refractivity contribution in [2.45, 2.75) is 6.92 Å². The largest absolute Gasteiger partial charge is 0.457 e. The Labute approximate surface area is 102 Å². The maximum absolute atomic E-state index is 11.4. The highest BCUT2D eigenvalue weighted by atomic mass is 35.5. The van der Waals surface area contributed by atoms with Gasteiger partial charge >= 0.3 is 11.7 Å². The summed E-state index contributed by atoms with van der Waals surface area (Å²) >= 11 is 11.3. The van der Waals surface area contributed by atoms with Crippen LogP contribution < -0.4 is 0 Å². The molecule has 0 saturated heterocycles. The van der Waals surface area contributed by atoms with Crippen LogP contribution in [-0.2, 0) is 9.53 Å². The number of carbonyl (C=O) groups excluding carboxylic acids is 1. The summed E-state index contributed by atoms with van der Waals surface area (Å²) in [6.07, 6.45) is 0. The number of nitrogens with zero attached hydrogens (tertiary/aromatic N) is 3. The number of hydrogen-bond acceptors (Lipinski definition) is 3. The predicted molar refractivity (Wildman–Crippen MR) is 58.6 cm³/mol. The highest BCUT2D eigenvalue weighted by Crippen LogP contribution is 2.15. The lowest BCUT2D eigenvalue weighted by Gasteiger charge is -1.99. The highest BCUT2D eigenvalue weighted by Gasteiger charge is 2.25. The molecule has 0 aliphatic carbocycles. The van der Waals surface area contributed by atoms with Crippen molar-refractivity contribution in [3.05, 3.63) is 33.5 Å². The van der Waals surface area contributed by atoms with Crippen molar-refractivity contribution in [3.63, 3.8) is 0 Å². The fourth-order valence-electron chi connectivity index (χ4n) is 1.02. The van der Waals surface area contributed by atoms with Crippen LogP contribution in [0.5, 0.6) is 0 Å². The van der Waals surface area contributed by atoms with E-state index < -0.39 is 5.97 Å². The Morgan fingerprint density at radius 3 is 2.50 bits per heavy atom. The van der Waals surface area contributed by atoms with Gasteiger partial charge < -0.3 is 10.3 Å². The first-order valence-corrected chi connectivity index (χ1v) is 5.06. The van der Waals surface area contributed by atoms with E-state index in [0.717, 1.165) is 0 Å². The van der Waals surface area contributed by atoms with E-state index in [2.05, 4.69) is 9.77 Å². The number of carbonyl (C=O) groups is 1. The topological polar surface area (TPSA) is 75.6 Å². The molecule has 0 fully saturated rings. The van der Waals surface area contributed by atoms with Gasteiger partial charge in [-0.15, -0.1) is 0 Å². The van der Waals surface area contributed by atoms with Gasteiger partial charge in [0.25, 0.3) is 0 Å². The number of pyridine rings is 1. The number of halogens is 2. The second-order valence-electron chi connectivity index (χ2n) is 2.67. The second-order valence-corrected chi connectivity index (χ2v) is 3.44. The Hall–Kier alpha value is -1.42. The van der Waals surface area contributed by atoms with Crippen molar-refractivity contribution in [1.82, 2.24) is 4.98 Å². The van der Waals surface area contributed by atoms with Crippen LogP contribution in [0.4, 0.5) is 0 Å². The minimum absolute atomic E-state index is 0.0907. The molecule has 1 aromatic rings. The zero-order valence-corrected chi connectivity index (χ0v) is 9.79. The van der Waals surface area contributed by atoms with Crippen molar-refractivity contribution >= 4 is 34.9 Å². The molecule has 0 spiro atoms. The van der Waals surface area contributed by atoms with Gasteiger partial charge in [0.15, 0.2) is 0 Å². The minimum atomic E-state index is -0.761. The van der Waals surface area contributed by atoms with Gasteiger partial charge in [-0.1, -0.05) is 23.2 Å².